The summed E-state index contributed by atoms with van der Waals surface area (Å²) < 4.78 is 33.2. The third kappa shape index (κ3) is 3.91. The highest BCUT2D eigenvalue weighted by Crippen LogP contribution is 2.30. The third-order valence-electron chi connectivity index (χ3n) is 3.45. The van der Waals surface area contributed by atoms with Gasteiger partial charge in [0.15, 0.2) is 0 Å². The second-order valence-corrected chi connectivity index (χ2v) is 7.44. The summed E-state index contributed by atoms with van der Waals surface area (Å²) in [4.78, 5) is 0.199. The van der Waals surface area contributed by atoms with Crippen LogP contribution in [0, 0.1) is 13.8 Å². The fourth-order valence-electron chi connectivity index (χ4n) is 2.14. The summed E-state index contributed by atoms with van der Waals surface area (Å²) in [6.07, 6.45) is 0. The van der Waals surface area contributed by atoms with E-state index in [2.05, 4.69) is 4.72 Å². The van der Waals surface area contributed by atoms with Crippen molar-refractivity contribution >= 4 is 38.9 Å². The highest BCUT2D eigenvalue weighted by Gasteiger charge is 2.20. The Morgan fingerprint density at radius 3 is 2.35 bits per heavy atom. The van der Waals surface area contributed by atoms with Crippen molar-refractivity contribution in [3.63, 3.8) is 0 Å². The van der Waals surface area contributed by atoms with Gasteiger partial charge in [-0.25, -0.2) is 8.42 Å². The van der Waals surface area contributed by atoms with Gasteiger partial charge in [-0.15, -0.1) is 0 Å². The fraction of sp³-hybridized carbons (Fsp3) is 0.250. The average molecular weight is 374 g/mol. The molecule has 7 heteroatoms. The molecule has 124 valence electrons. The highest BCUT2D eigenvalue weighted by molar-refractivity contribution is 7.92. The monoisotopic (exact) mass is 373 g/mol. The average Bonchev–Trinajstić information content (AvgIpc) is 2.47. The number of halogens is 2. The zero-order valence-electron chi connectivity index (χ0n) is 13.0. The van der Waals surface area contributed by atoms with Gasteiger partial charge in [-0.1, -0.05) is 23.2 Å². The van der Waals surface area contributed by atoms with Gasteiger partial charge < -0.3 is 4.74 Å². The smallest absolute Gasteiger partial charge is 0.262 e. The lowest BCUT2D eigenvalue weighted by Gasteiger charge is -2.15. The third-order valence-corrected chi connectivity index (χ3v) is 5.71. The van der Waals surface area contributed by atoms with Crippen molar-refractivity contribution in [2.45, 2.75) is 25.7 Å². The number of hydrogen-bond donors (Lipinski definition) is 1. The molecule has 4 nitrogen and oxygen atoms in total. The lowest BCUT2D eigenvalue weighted by atomic mass is 10.1. The van der Waals surface area contributed by atoms with Gasteiger partial charge in [0.2, 0.25) is 0 Å². The minimum absolute atomic E-state index is 0.199. The van der Waals surface area contributed by atoms with Crippen LogP contribution in [0.3, 0.4) is 0 Å². The molecular weight excluding hydrogens is 357 g/mol. The van der Waals surface area contributed by atoms with E-state index in [9.17, 15) is 8.42 Å². The molecular formula is C16H17Cl2NO3S. The Morgan fingerprint density at radius 2 is 1.74 bits per heavy atom. The SMILES string of the molecule is CCOc1ccc(S(=O)(=O)Nc2ccc(Cl)c(Cl)c2)c(C)c1C. The standard InChI is InChI=1S/C16H17Cl2NO3S/c1-4-22-15-7-8-16(11(3)10(15)2)23(20,21)19-12-5-6-13(17)14(18)9-12/h5-9,19H,4H2,1-3H3. The Hall–Kier alpha value is -1.43. The van der Waals surface area contributed by atoms with Crippen LogP contribution in [0.1, 0.15) is 18.1 Å². The molecule has 2 aromatic rings. The number of nitrogens with one attached hydrogen (secondary N) is 1. The van der Waals surface area contributed by atoms with Crippen LogP contribution < -0.4 is 9.46 Å². The zero-order chi connectivity index (χ0) is 17.2. The molecule has 0 spiro atoms. The predicted molar refractivity (Wildman–Crippen MR) is 94.4 cm³/mol. The number of anilines is 1. The Kier molecular flexibility index (Phi) is 5.45. The summed E-state index contributed by atoms with van der Waals surface area (Å²) in [5.41, 5.74) is 1.79. The molecule has 0 aliphatic carbocycles. The van der Waals surface area contributed by atoms with Gasteiger partial charge in [0, 0.05) is 0 Å². The molecule has 0 saturated carbocycles. The first-order chi connectivity index (χ1) is 10.8. The molecule has 2 aromatic carbocycles. The van der Waals surface area contributed by atoms with Crippen LogP contribution in [0.15, 0.2) is 35.2 Å². The summed E-state index contributed by atoms with van der Waals surface area (Å²) in [7, 11) is -3.74. The quantitative estimate of drug-likeness (QED) is 0.817. The van der Waals surface area contributed by atoms with Gasteiger partial charge in [-0.3, -0.25) is 4.72 Å². The normalized spacial score (nSPS) is 11.3. The number of sulfonamides is 1. The van der Waals surface area contributed by atoms with E-state index in [0.717, 1.165) is 5.56 Å². The van der Waals surface area contributed by atoms with Gasteiger partial charge in [-0.2, -0.15) is 0 Å². The van der Waals surface area contributed by atoms with Gasteiger partial charge in [0.1, 0.15) is 5.75 Å². The second kappa shape index (κ2) is 6.99. The summed E-state index contributed by atoms with van der Waals surface area (Å²) in [5, 5.41) is 0.647. The first-order valence-electron chi connectivity index (χ1n) is 6.97. The molecule has 0 radical (unpaired) electrons. The minimum atomic E-state index is -3.74. The van der Waals surface area contributed by atoms with E-state index in [4.69, 9.17) is 27.9 Å². The number of ether oxygens (including phenoxy) is 1. The van der Waals surface area contributed by atoms with E-state index >= 15 is 0 Å². The van der Waals surface area contributed by atoms with E-state index in [-0.39, 0.29) is 9.92 Å². The van der Waals surface area contributed by atoms with Crippen LogP contribution in [0.5, 0.6) is 5.75 Å². The van der Waals surface area contributed by atoms with Gasteiger partial charge in [0.05, 0.1) is 27.2 Å². The van der Waals surface area contributed by atoms with Crippen molar-refractivity contribution < 1.29 is 13.2 Å². The van der Waals surface area contributed by atoms with Crippen LogP contribution in [0.25, 0.3) is 0 Å². The molecule has 0 amide bonds. The van der Waals surface area contributed by atoms with Gasteiger partial charge >= 0.3 is 0 Å². The van der Waals surface area contributed by atoms with Crippen LogP contribution in [-0.4, -0.2) is 15.0 Å². The largest absolute Gasteiger partial charge is 0.494 e. The summed E-state index contributed by atoms with van der Waals surface area (Å²) in [6.45, 7) is 5.99. The van der Waals surface area contributed by atoms with Crippen LogP contribution in [-0.2, 0) is 10.0 Å². The maximum atomic E-state index is 12.6. The first-order valence-corrected chi connectivity index (χ1v) is 9.21. The van der Waals surface area contributed by atoms with Crippen molar-refractivity contribution in [2.24, 2.45) is 0 Å². The van der Waals surface area contributed by atoms with Gasteiger partial charge in [-0.05, 0) is 62.2 Å². The Bertz CT molecular complexity index is 835. The molecule has 2 rings (SSSR count). The second-order valence-electron chi connectivity index (χ2n) is 4.98. The first kappa shape index (κ1) is 17.9. The fourth-order valence-corrected chi connectivity index (χ4v) is 3.79. The minimum Gasteiger partial charge on any atom is -0.494 e. The maximum absolute atomic E-state index is 12.6. The molecule has 0 aliphatic heterocycles. The van der Waals surface area contributed by atoms with E-state index < -0.39 is 10.0 Å². The van der Waals surface area contributed by atoms with Crippen molar-refractivity contribution in [1.82, 2.24) is 0 Å². The summed E-state index contributed by atoms with van der Waals surface area (Å²) >= 11 is 11.8. The molecule has 0 aromatic heterocycles. The predicted octanol–water partition coefficient (Wildman–Crippen LogP) is 4.81. The lowest BCUT2D eigenvalue weighted by molar-refractivity contribution is 0.337. The van der Waals surface area contributed by atoms with E-state index in [1.807, 2.05) is 13.8 Å². The van der Waals surface area contributed by atoms with Crippen LogP contribution in [0.4, 0.5) is 5.69 Å². The molecule has 0 aliphatic rings. The maximum Gasteiger partial charge on any atom is 0.262 e. The molecule has 0 atom stereocenters. The Morgan fingerprint density at radius 1 is 1.04 bits per heavy atom. The van der Waals surface area contributed by atoms with E-state index in [0.29, 0.717) is 28.6 Å². The van der Waals surface area contributed by atoms with Crippen molar-refractivity contribution in [1.29, 1.82) is 0 Å². The van der Waals surface area contributed by atoms with Crippen LogP contribution in [0.2, 0.25) is 10.0 Å². The van der Waals surface area contributed by atoms with E-state index in [1.54, 1.807) is 19.1 Å². The van der Waals surface area contributed by atoms with Crippen molar-refractivity contribution in [2.75, 3.05) is 11.3 Å². The summed E-state index contributed by atoms with van der Waals surface area (Å²) in [5.74, 6) is 0.679. The topological polar surface area (TPSA) is 55.4 Å². The molecule has 0 bridgehead atoms. The Labute approximate surface area is 146 Å². The van der Waals surface area contributed by atoms with Gasteiger partial charge in [0.25, 0.3) is 10.0 Å². The molecule has 0 fully saturated rings. The molecule has 0 heterocycles. The number of rotatable bonds is 5. The number of benzene rings is 2. The molecule has 1 N–H and O–H groups in total. The molecule has 0 saturated heterocycles. The summed E-state index contributed by atoms with van der Waals surface area (Å²) in [6, 6.07) is 7.77. The Balaban J connectivity index is 2.39. The van der Waals surface area contributed by atoms with Crippen LogP contribution >= 0.6 is 23.2 Å². The van der Waals surface area contributed by atoms with Crippen molar-refractivity contribution in [3.8, 4) is 5.75 Å². The zero-order valence-corrected chi connectivity index (χ0v) is 15.3. The van der Waals surface area contributed by atoms with Crippen molar-refractivity contribution in [3.05, 3.63) is 51.5 Å². The highest BCUT2D eigenvalue weighted by atomic mass is 35.5. The lowest BCUT2D eigenvalue weighted by Crippen LogP contribution is -2.15. The molecule has 0 unspecified atom stereocenters. The van der Waals surface area contributed by atoms with E-state index in [1.165, 1.54) is 18.2 Å². The molecule has 23 heavy (non-hydrogen) atoms. The number of hydrogen-bond acceptors (Lipinski definition) is 3.